The number of carboxylic acid groups (broad SMARTS) is 1. The Hall–Kier alpha value is -2.05. The van der Waals surface area contributed by atoms with Crippen molar-refractivity contribution >= 4 is 23.4 Å². The minimum atomic E-state index is -1.63. The first-order chi connectivity index (χ1) is 8.43. The van der Waals surface area contributed by atoms with Gasteiger partial charge in [-0.15, -0.1) is 0 Å². The maximum Gasteiger partial charge on any atom is 0.441 e. The van der Waals surface area contributed by atoms with Gasteiger partial charge in [-0.25, -0.2) is 4.79 Å². The molecule has 1 rings (SSSR count). The van der Waals surface area contributed by atoms with Crippen molar-refractivity contribution in [3.05, 3.63) is 5.53 Å². The number of aliphatic carboxylic acids is 1. The second-order valence-corrected chi connectivity index (χ2v) is 4.06. The van der Waals surface area contributed by atoms with E-state index in [1.165, 1.54) is 6.92 Å². The standard InChI is InChI=1S/C10H13N3O5/c1-4(8(15)7(13-11)10(17)18)6-5(2-3-14)9(16)12-6/h4-6,14H,2-3H2,1H3,(H,12,16)(H,17,18). The molecule has 1 saturated heterocycles. The van der Waals surface area contributed by atoms with Gasteiger partial charge in [0.05, 0.1) is 12.0 Å². The van der Waals surface area contributed by atoms with Gasteiger partial charge in [0.25, 0.3) is 5.78 Å². The lowest BCUT2D eigenvalue weighted by Gasteiger charge is -2.39. The summed E-state index contributed by atoms with van der Waals surface area (Å²) in [5.41, 5.74) is 7.50. The Morgan fingerprint density at radius 1 is 1.56 bits per heavy atom. The zero-order chi connectivity index (χ0) is 13.9. The molecular formula is C10H13N3O5. The third-order valence-electron chi connectivity index (χ3n) is 3.01. The number of ketones is 1. The van der Waals surface area contributed by atoms with Gasteiger partial charge in [0.1, 0.15) is 0 Å². The highest BCUT2D eigenvalue weighted by atomic mass is 16.4. The number of carbonyl (C=O) groups excluding carboxylic acids is 2. The number of carbonyl (C=O) groups is 3. The quantitative estimate of drug-likeness (QED) is 0.173. The van der Waals surface area contributed by atoms with Crippen molar-refractivity contribution in [2.75, 3.05) is 6.61 Å². The molecule has 3 atom stereocenters. The third-order valence-corrected chi connectivity index (χ3v) is 3.01. The topological polar surface area (TPSA) is 140 Å². The largest absolute Gasteiger partial charge is 0.472 e. The number of β-lactam (4-membered cyclic amide) rings is 1. The molecule has 3 unspecified atom stereocenters. The Kier molecular flexibility index (Phi) is 4.30. The predicted octanol–water partition coefficient (Wildman–Crippen LogP) is -1.56. The van der Waals surface area contributed by atoms with Crippen LogP contribution in [0.4, 0.5) is 0 Å². The van der Waals surface area contributed by atoms with Gasteiger partial charge in [0, 0.05) is 12.5 Å². The minimum Gasteiger partial charge on any atom is -0.472 e. The first-order valence-electron chi connectivity index (χ1n) is 5.34. The zero-order valence-corrected chi connectivity index (χ0v) is 9.66. The Bertz CT molecular complexity index is 441. The summed E-state index contributed by atoms with van der Waals surface area (Å²) < 4.78 is 0. The van der Waals surface area contributed by atoms with Gasteiger partial charge in [-0.1, -0.05) is 6.92 Å². The smallest absolute Gasteiger partial charge is 0.441 e. The van der Waals surface area contributed by atoms with Crippen molar-refractivity contribution < 1.29 is 29.4 Å². The molecule has 8 heteroatoms. The summed E-state index contributed by atoms with van der Waals surface area (Å²) >= 11 is 0. The third kappa shape index (κ3) is 2.44. The molecule has 18 heavy (non-hydrogen) atoms. The fourth-order valence-corrected chi connectivity index (χ4v) is 1.94. The molecule has 98 valence electrons. The van der Waals surface area contributed by atoms with E-state index in [-0.39, 0.29) is 18.9 Å². The predicted molar refractivity (Wildman–Crippen MR) is 57.6 cm³/mol. The van der Waals surface area contributed by atoms with Crippen LogP contribution in [0.3, 0.4) is 0 Å². The van der Waals surface area contributed by atoms with Gasteiger partial charge in [-0.3, -0.25) is 9.59 Å². The fraction of sp³-hybridized carbons (Fsp3) is 0.600. The van der Waals surface area contributed by atoms with Crippen LogP contribution >= 0.6 is 0 Å². The van der Waals surface area contributed by atoms with E-state index in [9.17, 15) is 14.4 Å². The summed E-state index contributed by atoms with van der Waals surface area (Å²) in [6.45, 7) is 1.24. The van der Waals surface area contributed by atoms with Crippen molar-refractivity contribution in [2.24, 2.45) is 11.8 Å². The number of amides is 1. The molecule has 0 radical (unpaired) electrons. The van der Waals surface area contributed by atoms with E-state index in [0.717, 1.165) is 0 Å². The number of hydrogen-bond acceptors (Lipinski definition) is 4. The second kappa shape index (κ2) is 5.52. The number of aliphatic hydroxyl groups excluding tert-OH is 1. The fourth-order valence-electron chi connectivity index (χ4n) is 1.94. The van der Waals surface area contributed by atoms with Gasteiger partial charge >= 0.3 is 11.7 Å². The Balaban J connectivity index is 2.79. The van der Waals surface area contributed by atoms with Crippen LogP contribution in [0.5, 0.6) is 0 Å². The van der Waals surface area contributed by atoms with Crippen LogP contribution in [0.2, 0.25) is 0 Å². The van der Waals surface area contributed by atoms with Gasteiger partial charge in [0.15, 0.2) is 0 Å². The Morgan fingerprint density at radius 3 is 2.56 bits per heavy atom. The van der Waals surface area contributed by atoms with E-state index in [1.807, 2.05) is 0 Å². The number of Topliss-reactive ketones (excluding diaryl/α,β-unsaturated/α-hetero) is 1. The summed E-state index contributed by atoms with van der Waals surface area (Å²) in [6.07, 6.45) is 0.201. The lowest BCUT2D eigenvalue weighted by Crippen LogP contribution is -2.63. The van der Waals surface area contributed by atoms with Gasteiger partial charge in [0.2, 0.25) is 5.91 Å². The molecule has 0 spiro atoms. The van der Waals surface area contributed by atoms with E-state index in [0.29, 0.717) is 0 Å². The van der Waals surface area contributed by atoms with Gasteiger partial charge in [-0.2, -0.15) is 4.79 Å². The molecule has 0 saturated carbocycles. The molecule has 0 aromatic rings. The van der Waals surface area contributed by atoms with E-state index in [1.54, 1.807) is 0 Å². The van der Waals surface area contributed by atoms with Crippen LogP contribution in [-0.4, -0.2) is 51.0 Å². The number of hydrogen-bond donors (Lipinski definition) is 3. The average molecular weight is 255 g/mol. The number of nitrogens with one attached hydrogen (secondary N) is 1. The molecule has 3 N–H and O–H groups in total. The van der Waals surface area contributed by atoms with Crippen LogP contribution in [0.25, 0.3) is 5.53 Å². The molecule has 0 aromatic carbocycles. The van der Waals surface area contributed by atoms with Crippen molar-refractivity contribution in [1.82, 2.24) is 5.32 Å². The van der Waals surface area contributed by atoms with Crippen LogP contribution in [0.1, 0.15) is 13.3 Å². The highest BCUT2D eigenvalue weighted by molar-refractivity contribution is 6.62. The number of aliphatic hydroxyl groups is 1. The first kappa shape index (κ1) is 14.0. The molecule has 1 aliphatic rings. The number of carboxylic acids is 1. The molecule has 1 heterocycles. The molecule has 0 aliphatic carbocycles. The first-order valence-corrected chi connectivity index (χ1v) is 5.34. The van der Waals surface area contributed by atoms with Crippen molar-refractivity contribution in [3.63, 3.8) is 0 Å². The average Bonchev–Trinajstić information content (AvgIpc) is 2.32. The van der Waals surface area contributed by atoms with Crippen LogP contribution < -0.4 is 5.32 Å². The molecule has 0 aromatic heterocycles. The zero-order valence-electron chi connectivity index (χ0n) is 9.66. The summed E-state index contributed by atoms with van der Waals surface area (Å²) in [5.74, 6) is -4.13. The van der Waals surface area contributed by atoms with E-state index < -0.39 is 35.3 Å². The maximum atomic E-state index is 11.7. The van der Waals surface area contributed by atoms with Gasteiger partial charge in [-0.05, 0) is 6.42 Å². The monoisotopic (exact) mass is 255 g/mol. The second-order valence-electron chi connectivity index (χ2n) is 4.06. The van der Waals surface area contributed by atoms with Gasteiger partial charge < -0.3 is 21.1 Å². The normalized spacial score (nSPS) is 23.3. The lowest BCUT2D eigenvalue weighted by atomic mass is 9.77. The highest BCUT2D eigenvalue weighted by Crippen LogP contribution is 2.25. The summed E-state index contributed by atoms with van der Waals surface area (Å²) in [7, 11) is 0. The number of rotatable bonds is 6. The maximum absolute atomic E-state index is 11.7. The Labute approximate surface area is 102 Å². The van der Waals surface area contributed by atoms with Crippen LogP contribution in [0, 0.1) is 11.8 Å². The minimum absolute atomic E-state index is 0.199. The Morgan fingerprint density at radius 2 is 2.17 bits per heavy atom. The van der Waals surface area contributed by atoms with Crippen LogP contribution in [0.15, 0.2) is 0 Å². The summed E-state index contributed by atoms with van der Waals surface area (Å²) in [4.78, 5) is 36.0. The van der Waals surface area contributed by atoms with Crippen molar-refractivity contribution in [3.8, 4) is 0 Å². The lowest BCUT2D eigenvalue weighted by molar-refractivity contribution is -0.141. The highest BCUT2D eigenvalue weighted by Gasteiger charge is 2.47. The molecule has 1 aliphatic heterocycles. The van der Waals surface area contributed by atoms with E-state index >= 15 is 0 Å². The number of nitrogens with zero attached hydrogens (tertiary/aromatic N) is 2. The summed E-state index contributed by atoms with van der Waals surface area (Å²) in [5, 5.41) is 19.9. The van der Waals surface area contributed by atoms with Crippen molar-refractivity contribution in [2.45, 2.75) is 19.4 Å². The van der Waals surface area contributed by atoms with Crippen LogP contribution in [-0.2, 0) is 14.4 Å². The molecule has 8 nitrogen and oxygen atoms in total. The molecular weight excluding hydrogens is 242 g/mol. The van der Waals surface area contributed by atoms with E-state index in [4.69, 9.17) is 15.7 Å². The van der Waals surface area contributed by atoms with E-state index in [2.05, 4.69) is 10.1 Å². The molecule has 0 bridgehead atoms. The SMILES string of the molecule is CC(C(=O)C(=[N+]=[N-])C(=O)O)C1NC(=O)C1CCO. The molecule has 1 amide bonds. The summed E-state index contributed by atoms with van der Waals surface area (Å²) in [6, 6.07) is -0.548. The van der Waals surface area contributed by atoms with Crippen molar-refractivity contribution in [1.29, 1.82) is 0 Å². The molecule has 1 fully saturated rings.